The van der Waals surface area contributed by atoms with Crippen LogP contribution in [0.1, 0.15) is 29.9 Å². The van der Waals surface area contributed by atoms with E-state index < -0.39 is 17.5 Å². The Morgan fingerprint density at radius 3 is 2.15 bits per heavy atom. The van der Waals surface area contributed by atoms with Crippen LogP contribution in [0.5, 0.6) is 0 Å². The van der Waals surface area contributed by atoms with Crippen molar-refractivity contribution in [3.8, 4) is 11.1 Å². The lowest BCUT2D eigenvalue weighted by molar-refractivity contribution is -0.158. The molecule has 1 heterocycles. The van der Waals surface area contributed by atoms with Crippen molar-refractivity contribution in [2.75, 3.05) is 40.0 Å². The molecule has 8 heteroatoms. The molecule has 1 aliphatic carbocycles. The standard InChI is InChI=1S/C25H28N2O6/c1-32-16-25(23(29)30)10-12-27(13-11-25)22(28)14-26-24(31)33-15-21-19-8-4-2-6-17(19)18-7-3-5-9-20(18)21/h2-9,21H,10-16H2,1H3,(H,26,31)(H,29,30). The molecule has 1 aliphatic heterocycles. The van der Waals surface area contributed by atoms with E-state index in [4.69, 9.17) is 9.47 Å². The molecule has 1 fully saturated rings. The van der Waals surface area contributed by atoms with Crippen LogP contribution < -0.4 is 5.32 Å². The summed E-state index contributed by atoms with van der Waals surface area (Å²) in [5, 5.41) is 12.1. The number of piperidine rings is 1. The maximum Gasteiger partial charge on any atom is 0.407 e. The average molecular weight is 453 g/mol. The van der Waals surface area contributed by atoms with Gasteiger partial charge in [-0.1, -0.05) is 48.5 Å². The zero-order chi connectivity index (χ0) is 23.4. The van der Waals surface area contributed by atoms with Gasteiger partial charge < -0.3 is 24.8 Å². The molecule has 2 N–H and O–H groups in total. The summed E-state index contributed by atoms with van der Waals surface area (Å²) in [5.74, 6) is -1.22. The summed E-state index contributed by atoms with van der Waals surface area (Å²) in [4.78, 5) is 38.0. The van der Waals surface area contributed by atoms with Crippen LogP contribution in [0.25, 0.3) is 11.1 Å². The number of aliphatic carboxylic acids is 1. The fraction of sp³-hybridized carbons (Fsp3) is 0.400. The van der Waals surface area contributed by atoms with Crippen LogP contribution >= 0.6 is 0 Å². The van der Waals surface area contributed by atoms with Gasteiger partial charge in [-0.2, -0.15) is 0 Å². The number of hydrogen-bond acceptors (Lipinski definition) is 5. The number of methoxy groups -OCH3 is 1. The fourth-order valence-electron chi connectivity index (χ4n) is 4.79. The Morgan fingerprint density at radius 2 is 1.61 bits per heavy atom. The molecule has 4 rings (SSSR count). The summed E-state index contributed by atoms with van der Waals surface area (Å²) in [5.41, 5.74) is 3.57. The number of rotatable bonds is 7. The van der Waals surface area contributed by atoms with Gasteiger partial charge in [0, 0.05) is 26.1 Å². The average Bonchev–Trinajstić information content (AvgIpc) is 3.15. The molecule has 2 aromatic carbocycles. The highest BCUT2D eigenvalue weighted by molar-refractivity contribution is 5.83. The van der Waals surface area contributed by atoms with E-state index in [-0.39, 0.29) is 31.6 Å². The molecule has 0 radical (unpaired) electrons. The van der Waals surface area contributed by atoms with E-state index in [0.717, 1.165) is 22.3 Å². The number of carboxylic acid groups (broad SMARTS) is 1. The second kappa shape index (κ2) is 9.62. The topological polar surface area (TPSA) is 105 Å². The number of benzene rings is 2. The number of carboxylic acids is 1. The minimum atomic E-state index is -0.967. The zero-order valence-electron chi connectivity index (χ0n) is 18.6. The van der Waals surface area contributed by atoms with Crippen molar-refractivity contribution in [2.24, 2.45) is 5.41 Å². The summed E-state index contributed by atoms with van der Waals surface area (Å²) in [6.07, 6.45) is -0.0267. The lowest BCUT2D eigenvalue weighted by Crippen LogP contribution is -2.50. The Bertz CT molecular complexity index is 999. The molecular formula is C25H28N2O6. The number of carbonyl (C=O) groups excluding carboxylic acids is 2. The highest BCUT2D eigenvalue weighted by Gasteiger charge is 2.42. The first-order chi connectivity index (χ1) is 15.9. The molecule has 2 aliphatic rings. The lowest BCUT2D eigenvalue weighted by atomic mass is 9.79. The number of ether oxygens (including phenoxy) is 2. The van der Waals surface area contributed by atoms with Crippen molar-refractivity contribution in [2.45, 2.75) is 18.8 Å². The highest BCUT2D eigenvalue weighted by atomic mass is 16.5. The highest BCUT2D eigenvalue weighted by Crippen LogP contribution is 2.44. The van der Waals surface area contributed by atoms with Gasteiger partial charge in [-0.15, -0.1) is 0 Å². The number of nitrogens with zero attached hydrogens (tertiary/aromatic N) is 1. The second-order valence-electron chi connectivity index (χ2n) is 8.58. The fourth-order valence-corrected chi connectivity index (χ4v) is 4.79. The van der Waals surface area contributed by atoms with Crippen molar-refractivity contribution in [1.29, 1.82) is 0 Å². The minimum Gasteiger partial charge on any atom is -0.481 e. The number of alkyl carbamates (subject to hydrolysis) is 1. The first kappa shape index (κ1) is 22.8. The molecule has 0 bridgehead atoms. The van der Waals surface area contributed by atoms with Gasteiger partial charge in [0.2, 0.25) is 5.91 Å². The molecule has 2 aromatic rings. The molecule has 33 heavy (non-hydrogen) atoms. The van der Waals surface area contributed by atoms with E-state index in [2.05, 4.69) is 17.4 Å². The minimum absolute atomic E-state index is 0.0501. The molecule has 174 valence electrons. The van der Waals surface area contributed by atoms with E-state index >= 15 is 0 Å². The molecule has 0 unspecified atom stereocenters. The number of likely N-dealkylation sites (tertiary alicyclic amines) is 1. The third-order valence-corrected chi connectivity index (χ3v) is 6.68. The zero-order valence-corrected chi connectivity index (χ0v) is 18.6. The van der Waals surface area contributed by atoms with Gasteiger partial charge in [0.25, 0.3) is 0 Å². The van der Waals surface area contributed by atoms with Gasteiger partial charge in [0.15, 0.2) is 0 Å². The van der Waals surface area contributed by atoms with Crippen LogP contribution in [0.15, 0.2) is 48.5 Å². The third-order valence-electron chi connectivity index (χ3n) is 6.68. The molecule has 8 nitrogen and oxygen atoms in total. The Balaban J connectivity index is 1.28. The molecule has 0 atom stereocenters. The monoisotopic (exact) mass is 452 g/mol. The molecule has 1 saturated heterocycles. The lowest BCUT2D eigenvalue weighted by Gasteiger charge is -2.38. The molecule has 2 amide bonds. The third kappa shape index (κ3) is 4.57. The van der Waals surface area contributed by atoms with E-state index in [1.807, 2.05) is 36.4 Å². The van der Waals surface area contributed by atoms with E-state index in [1.54, 1.807) is 4.90 Å². The number of nitrogens with one attached hydrogen (secondary N) is 1. The number of hydrogen-bond donors (Lipinski definition) is 2. The number of carbonyl (C=O) groups is 3. The van der Waals surface area contributed by atoms with Crippen LogP contribution in [0.3, 0.4) is 0 Å². The largest absolute Gasteiger partial charge is 0.481 e. The van der Waals surface area contributed by atoms with Gasteiger partial charge in [-0.25, -0.2) is 4.79 Å². The van der Waals surface area contributed by atoms with Crippen molar-refractivity contribution in [3.05, 3.63) is 59.7 Å². The van der Waals surface area contributed by atoms with Crippen LogP contribution in [0, 0.1) is 5.41 Å². The predicted molar refractivity (Wildman–Crippen MR) is 121 cm³/mol. The van der Waals surface area contributed by atoms with Crippen molar-refractivity contribution >= 4 is 18.0 Å². The Morgan fingerprint density at radius 1 is 1.03 bits per heavy atom. The van der Waals surface area contributed by atoms with Gasteiger partial charge in [-0.3, -0.25) is 9.59 Å². The maximum absolute atomic E-state index is 12.5. The number of fused-ring (bicyclic) bond motifs is 3. The summed E-state index contributed by atoms with van der Waals surface area (Å²) >= 11 is 0. The molecule has 0 saturated carbocycles. The normalized spacial score (nSPS) is 16.6. The Hall–Kier alpha value is -3.39. The van der Waals surface area contributed by atoms with E-state index in [1.165, 1.54) is 7.11 Å². The number of amides is 2. The second-order valence-corrected chi connectivity index (χ2v) is 8.58. The summed E-state index contributed by atoms with van der Waals surface area (Å²) < 4.78 is 10.5. The molecule has 0 spiro atoms. The van der Waals surface area contributed by atoms with Gasteiger partial charge in [0.05, 0.1) is 12.0 Å². The molecular weight excluding hydrogens is 424 g/mol. The smallest absolute Gasteiger partial charge is 0.407 e. The van der Waals surface area contributed by atoms with Gasteiger partial charge >= 0.3 is 12.1 Å². The summed E-state index contributed by atoms with van der Waals surface area (Å²) in [6.45, 7) is 0.709. The van der Waals surface area contributed by atoms with E-state index in [9.17, 15) is 19.5 Å². The quantitative estimate of drug-likeness (QED) is 0.669. The Kier molecular flexibility index (Phi) is 6.65. The predicted octanol–water partition coefficient (Wildman–Crippen LogP) is 2.86. The van der Waals surface area contributed by atoms with Crippen LogP contribution in [-0.4, -0.2) is 67.9 Å². The van der Waals surface area contributed by atoms with Crippen LogP contribution in [-0.2, 0) is 19.1 Å². The first-order valence-corrected chi connectivity index (χ1v) is 11.0. The SMILES string of the molecule is COCC1(C(=O)O)CCN(C(=O)CNC(=O)OCC2c3ccccc3-c3ccccc32)CC1. The van der Waals surface area contributed by atoms with Crippen LogP contribution in [0.4, 0.5) is 4.79 Å². The van der Waals surface area contributed by atoms with Crippen LogP contribution in [0.2, 0.25) is 0 Å². The van der Waals surface area contributed by atoms with Crippen molar-refractivity contribution in [3.63, 3.8) is 0 Å². The van der Waals surface area contributed by atoms with Gasteiger partial charge in [-0.05, 0) is 35.1 Å². The Labute approximate surface area is 192 Å². The summed E-state index contributed by atoms with van der Waals surface area (Å²) in [7, 11) is 1.47. The van der Waals surface area contributed by atoms with Crippen molar-refractivity contribution in [1.82, 2.24) is 10.2 Å². The first-order valence-electron chi connectivity index (χ1n) is 11.0. The van der Waals surface area contributed by atoms with E-state index in [0.29, 0.717) is 25.9 Å². The van der Waals surface area contributed by atoms with Crippen molar-refractivity contribution < 1.29 is 29.0 Å². The van der Waals surface area contributed by atoms with Gasteiger partial charge in [0.1, 0.15) is 13.2 Å². The maximum atomic E-state index is 12.5. The molecule has 0 aromatic heterocycles. The summed E-state index contributed by atoms with van der Waals surface area (Å²) in [6, 6.07) is 16.2.